The summed E-state index contributed by atoms with van der Waals surface area (Å²) >= 11 is 5.65. The minimum absolute atomic E-state index is 0.200. The zero-order chi connectivity index (χ0) is 15.5. The molecule has 0 aliphatic heterocycles. The van der Waals surface area contributed by atoms with Crippen molar-refractivity contribution < 1.29 is 12.8 Å². The van der Waals surface area contributed by atoms with Crippen LogP contribution in [0, 0.1) is 11.7 Å². The predicted molar refractivity (Wildman–Crippen MR) is 81.1 cm³/mol. The highest BCUT2D eigenvalue weighted by Crippen LogP contribution is 2.28. The minimum atomic E-state index is -3.96. The summed E-state index contributed by atoms with van der Waals surface area (Å²) in [5.41, 5.74) is 5.71. The first-order chi connectivity index (χ1) is 9.95. The van der Waals surface area contributed by atoms with Gasteiger partial charge in [0.2, 0.25) is 10.0 Å². The Balaban J connectivity index is 2.20. The molecule has 0 spiro atoms. The van der Waals surface area contributed by atoms with Gasteiger partial charge in [-0.05, 0) is 30.9 Å². The van der Waals surface area contributed by atoms with Gasteiger partial charge in [-0.15, -0.1) is 0 Å². The first kappa shape index (κ1) is 16.7. The van der Waals surface area contributed by atoms with E-state index >= 15 is 0 Å². The van der Waals surface area contributed by atoms with Crippen molar-refractivity contribution in [1.82, 2.24) is 4.72 Å². The van der Waals surface area contributed by atoms with E-state index < -0.39 is 20.7 Å². The van der Waals surface area contributed by atoms with Gasteiger partial charge in [0.05, 0.1) is 5.02 Å². The van der Waals surface area contributed by atoms with Crippen LogP contribution in [0.15, 0.2) is 23.1 Å². The maximum absolute atomic E-state index is 13.9. The third kappa shape index (κ3) is 3.94. The van der Waals surface area contributed by atoms with E-state index in [2.05, 4.69) is 4.72 Å². The van der Waals surface area contributed by atoms with Gasteiger partial charge in [-0.3, -0.25) is 0 Å². The van der Waals surface area contributed by atoms with Crippen LogP contribution < -0.4 is 10.5 Å². The third-order valence-corrected chi connectivity index (χ3v) is 5.78. The van der Waals surface area contributed by atoms with Gasteiger partial charge in [0.25, 0.3) is 0 Å². The van der Waals surface area contributed by atoms with Crippen molar-refractivity contribution in [1.29, 1.82) is 0 Å². The van der Waals surface area contributed by atoms with Crippen LogP contribution >= 0.6 is 11.6 Å². The normalized spacial score (nSPS) is 18.6. The van der Waals surface area contributed by atoms with E-state index in [1.807, 2.05) is 0 Å². The molecule has 0 bridgehead atoms. The van der Waals surface area contributed by atoms with Crippen molar-refractivity contribution in [3.8, 4) is 0 Å². The largest absolute Gasteiger partial charge is 0.329 e. The fourth-order valence-electron chi connectivity index (χ4n) is 2.83. The van der Waals surface area contributed by atoms with E-state index in [1.54, 1.807) is 0 Å². The molecule has 0 saturated heterocycles. The molecule has 1 unspecified atom stereocenters. The zero-order valence-corrected chi connectivity index (χ0v) is 13.3. The van der Waals surface area contributed by atoms with Gasteiger partial charge in [-0.25, -0.2) is 17.5 Å². The second kappa shape index (κ2) is 7.05. The summed E-state index contributed by atoms with van der Waals surface area (Å²) in [6.45, 7) is 0.200. The standard InChI is InChI=1S/C14H20ClFN2O2S/c15-11-7-4-8-13(14(11)16)21(19,20)18-12(9-17)10-5-2-1-3-6-10/h4,7-8,10,12,18H,1-3,5-6,9,17H2. The molecule has 0 amide bonds. The van der Waals surface area contributed by atoms with Gasteiger partial charge in [0.1, 0.15) is 4.90 Å². The van der Waals surface area contributed by atoms with E-state index in [4.69, 9.17) is 17.3 Å². The predicted octanol–water partition coefficient (Wildman–Crippen LogP) is 2.67. The molecular weight excluding hydrogens is 315 g/mol. The molecular formula is C14H20ClFN2O2S. The molecule has 3 N–H and O–H groups in total. The van der Waals surface area contributed by atoms with Crippen molar-refractivity contribution >= 4 is 21.6 Å². The van der Waals surface area contributed by atoms with Crippen molar-refractivity contribution in [3.63, 3.8) is 0 Å². The van der Waals surface area contributed by atoms with Crippen LogP contribution in [0.4, 0.5) is 4.39 Å². The van der Waals surface area contributed by atoms with Gasteiger partial charge in [0, 0.05) is 12.6 Å². The summed E-state index contributed by atoms with van der Waals surface area (Å²) in [4.78, 5) is -0.427. The summed E-state index contributed by atoms with van der Waals surface area (Å²) in [6.07, 6.45) is 5.22. The Hall–Kier alpha value is -0.690. The number of nitrogens with two attached hydrogens (primary N) is 1. The summed E-state index contributed by atoms with van der Waals surface area (Å²) in [5, 5.41) is -0.208. The van der Waals surface area contributed by atoms with E-state index in [-0.39, 0.29) is 23.5 Å². The monoisotopic (exact) mass is 334 g/mol. The second-order valence-electron chi connectivity index (χ2n) is 5.41. The Kier molecular flexibility index (Phi) is 5.60. The van der Waals surface area contributed by atoms with Crippen LogP contribution in [0.25, 0.3) is 0 Å². The van der Waals surface area contributed by atoms with Crippen LogP contribution in [-0.4, -0.2) is 21.0 Å². The smallest absolute Gasteiger partial charge is 0.243 e. The highest BCUT2D eigenvalue weighted by atomic mass is 35.5. The van der Waals surface area contributed by atoms with Crippen LogP contribution in [0.1, 0.15) is 32.1 Å². The lowest BCUT2D eigenvalue weighted by Gasteiger charge is -2.29. The summed E-state index contributed by atoms with van der Waals surface area (Å²) in [5.74, 6) is -0.716. The van der Waals surface area contributed by atoms with E-state index in [9.17, 15) is 12.8 Å². The Morgan fingerprint density at radius 1 is 1.33 bits per heavy atom. The van der Waals surface area contributed by atoms with Crippen molar-refractivity contribution in [3.05, 3.63) is 29.0 Å². The molecule has 2 rings (SSSR count). The number of sulfonamides is 1. The summed E-state index contributed by atoms with van der Waals surface area (Å²) in [6, 6.07) is 3.57. The fourth-order valence-corrected chi connectivity index (χ4v) is 4.48. The maximum atomic E-state index is 13.9. The average Bonchev–Trinajstić information content (AvgIpc) is 2.48. The van der Waals surface area contributed by atoms with Crippen LogP contribution in [0.5, 0.6) is 0 Å². The van der Waals surface area contributed by atoms with Gasteiger partial charge in [-0.2, -0.15) is 0 Å². The fraction of sp³-hybridized carbons (Fsp3) is 0.571. The Morgan fingerprint density at radius 2 is 2.00 bits per heavy atom. The number of hydrogen-bond donors (Lipinski definition) is 2. The van der Waals surface area contributed by atoms with E-state index in [1.165, 1.54) is 24.6 Å². The first-order valence-electron chi connectivity index (χ1n) is 7.12. The van der Waals surface area contributed by atoms with Crippen molar-refractivity contribution in [2.45, 2.75) is 43.0 Å². The van der Waals surface area contributed by atoms with Crippen molar-refractivity contribution in [2.75, 3.05) is 6.54 Å². The first-order valence-corrected chi connectivity index (χ1v) is 8.98. The molecule has 4 nitrogen and oxygen atoms in total. The van der Waals surface area contributed by atoms with Gasteiger partial charge >= 0.3 is 0 Å². The number of rotatable bonds is 5. The molecule has 1 fully saturated rings. The molecule has 1 aliphatic carbocycles. The molecule has 1 aromatic rings. The molecule has 1 aromatic carbocycles. The molecule has 0 radical (unpaired) electrons. The maximum Gasteiger partial charge on any atom is 0.243 e. The molecule has 0 heterocycles. The SMILES string of the molecule is NCC(NS(=O)(=O)c1cccc(Cl)c1F)C1CCCCC1. The molecule has 1 saturated carbocycles. The average molecular weight is 335 g/mol. The van der Waals surface area contributed by atoms with Crippen LogP contribution in [0.2, 0.25) is 5.02 Å². The Morgan fingerprint density at radius 3 is 2.62 bits per heavy atom. The molecule has 1 aliphatic rings. The number of benzene rings is 1. The number of nitrogens with one attached hydrogen (secondary N) is 1. The Labute approximate surface area is 129 Å². The summed E-state index contributed by atoms with van der Waals surface area (Å²) in [7, 11) is -3.96. The van der Waals surface area contributed by atoms with Gasteiger partial charge in [-0.1, -0.05) is 36.9 Å². The second-order valence-corrected chi connectivity index (χ2v) is 7.50. The lowest BCUT2D eigenvalue weighted by molar-refractivity contribution is 0.294. The number of hydrogen-bond acceptors (Lipinski definition) is 3. The highest BCUT2D eigenvalue weighted by molar-refractivity contribution is 7.89. The number of halogens is 2. The van der Waals surface area contributed by atoms with E-state index in [0.29, 0.717) is 0 Å². The third-order valence-electron chi connectivity index (χ3n) is 3.99. The molecule has 21 heavy (non-hydrogen) atoms. The topological polar surface area (TPSA) is 72.2 Å². The molecule has 7 heteroatoms. The highest BCUT2D eigenvalue weighted by Gasteiger charge is 2.29. The van der Waals surface area contributed by atoms with Gasteiger partial charge < -0.3 is 5.73 Å². The van der Waals surface area contributed by atoms with Crippen molar-refractivity contribution in [2.24, 2.45) is 11.7 Å². The Bertz CT molecular complexity index is 589. The minimum Gasteiger partial charge on any atom is -0.329 e. The van der Waals surface area contributed by atoms with Crippen LogP contribution in [-0.2, 0) is 10.0 Å². The lowest BCUT2D eigenvalue weighted by Crippen LogP contribution is -2.46. The molecule has 118 valence electrons. The molecule has 0 aromatic heterocycles. The van der Waals surface area contributed by atoms with Gasteiger partial charge in [0.15, 0.2) is 5.82 Å². The molecule has 1 atom stereocenters. The zero-order valence-electron chi connectivity index (χ0n) is 11.7. The van der Waals surface area contributed by atoms with E-state index in [0.717, 1.165) is 25.7 Å². The lowest BCUT2D eigenvalue weighted by atomic mass is 9.84. The quantitative estimate of drug-likeness (QED) is 0.869. The van der Waals surface area contributed by atoms with Crippen LogP contribution in [0.3, 0.4) is 0 Å². The summed E-state index contributed by atoms with van der Waals surface area (Å²) < 4.78 is 41.2.